The average Bonchev–Trinajstić information content (AvgIpc) is 2.11. The van der Waals surface area contributed by atoms with Crippen LogP contribution in [0, 0.1) is 0 Å². The molecule has 1 unspecified atom stereocenters. The molecule has 2 heteroatoms. The molecule has 2 nitrogen and oxygen atoms in total. The molecule has 0 rings (SSSR count). The van der Waals surface area contributed by atoms with Gasteiger partial charge in [0.2, 0.25) is 0 Å². The molecule has 0 radical (unpaired) electrons. The first kappa shape index (κ1) is 11.1. The molecule has 0 aromatic heterocycles. The molecule has 12 heavy (non-hydrogen) atoms. The summed E-state index contributed by atoms with van der Waals surface area (Å²) in [4.78, 5) is 0. The number of hydrogen-bond donors (Lipinski definition) is 0. The summed E-state index contributed by atoms with van der Waals surface area (Å²) >= 11 is 0. The second-order valence-electron chi connectivity index (χ2n) is 2.29. The summed E-state index contributed by atoms with van der Waals surface area (Å²) in [5.74, 6) is 0. The Morgan fingerprint density at radius 3 is 2.42 bits per heavy atom. The minimum Gasteiger partial charge on any atom is -0.382 e. The van der Waals surface area contributed by atoms with Gasteiger partial charge in [0.05, 0.1) is 6.61 Å². The summed E-state index contributed by atoms with van der Waals surface area (Å²) < 4.78 is 10.2. The van der Waals surface area contributed by atoms with Gasteiger partial charge in [-0.15, -0.1) is 0 Å². The Morgan fingerprint density at radius 1 is 1.42 bits per heavy atom. The zero-order valence-electron chi connectivity index (χ0n) is 7.75. The molecule has 68 valence electrons. The summed E-state index contributed by atoms with van der Waals surface area (Å²) in [6.45, 7) is 7.81. The fourth-order valence-corrected chi connectivity index (χ4v) is 0.895. The highest BCUT2D eigenvalue weighted by molar-refractivity contribution is 5.25. The van der Waals surface area contributed by atoms with E-state index in [0.717, 1.165) is 5.57 Å². The third kappa shape index (κ3) is 3.51. The molecule has 0 aliphatic carbocycles. The van der Waals surface area contributed by atoms with Gasteiger partial charge in [0.1, 0.15) is 6.10 Å². The van der Waals surface area contributed by atoms with Crippen LogP contribution < -0.4 is 0 Å². The van der Waals surface area contributed by atoms with Crippen LogP contribution in [-0.2, 0) is 9.47 Å². The Labute approximate surface area is 74.2 Å². The van der Waals surface area contributed by atoms with Crippen LogP contribution in [0.25, 0.3) is 0 Å². The highest BCUT2D eigenvalue weighted by Crippen LogP contribution is 2.07. The van der Waals surface area contributed by atoms with E-state index in [1.807, 2.05) is 6.08 Å². The number of methoxy groups -OCH3 is 2. The molecule has 0 aromatic carbocycles. The summed E-state index contributed by atoms with van der Waals surface area (Å²) in [6, 6.07) is 0. The Kier molecular flexibility index (Phi) is 6.34. The van der Waals surface area contributed by atoms with Crippen molar-refractivity contribution in [1.82, 2.24) is 0 Å². The first-order valence-electron chi connectivity index (χ1n) is 3.76. The van der Waals surface area contributed by atoms with E-state index in [2.05, 4.69) is 13.2 Å². The largest absolute Gasteiger partial charge is 0.382 e. The molecule has 0 aliphatic rings. The topological polar surface area (TPSA) is 18.5 Å². The monoisotopic (exact) mass is 168 g/mol. The van der Waals surface area contributed by atoms with Crippen molar-refractivity contribution < 1.29 is 9.47 Å². The molecule has 0 spiro atoms. The van der Waals surface area contributed by atoms with E-state index in [-0.39, 0.29) is 6.10 Å². The minimum absolute atomic E-state index is 0.0505. The van der Waals surface area contributed by atoms with Gasteiger partial charge >= 0.3 is 0 Å². The summed E-state index contributed by atoms with van der Waals surface area (Å²) in [5.41, 5.74) is 0.981. The molecule has 0 aromatic rings. The standard InChI is InChI=1S/C10H16O2/c1-5-7-9(6-2)10(12-4)8-11-3/h5-7,10H,1-2,8H2,3-4H3/b9-7+. The molecule has 0 heterocycles. The first-order valence-corrected chi connectivity index (χ1v) is 3.76. The molecular weight excluding hydrogens is 152 g/mol. The van der Waals surface area contributed by atoms with E-state index < -0.39 is 0 Å². The van der Waals surface area contributed by atoms with Gasteiger partial charge in [-0.3, -0.25) is 0 Å². The molecule has 0 N–H and O–H groups in total. The fraction of sp³-hybridized carbons (Fsp3) is 0.400. The van der Waals surface area contributed by atoms with Crippen LogP contribution in [0.3, 0.4) is 0 Å². The zero-order valence-corrected chi connectivity index (χ0v) is 7.75. The molecule has 0 bridgehead atoms. The quantitative estimate of drug-likeness (QED) is 0.564. The predicted octanol–water partition coefficient (Wildman–Crippen LogP) is 1.95. The van der Waals surface area contributed by atoms with Crippen LogP contribution in [0.5, 0.6) is 0 Å². The zero-order chi connectivity index (χ0) is 9.40. The number of ether oxygens (including phenoxy) is 2. The summed E-state index contributed by atoms with van der Waals surface area (Å²) in [5, 5.41) is 0. The van der Waals surface area contributed by atoms with E-state index in [1.165, 1.54) is 0 Å². The maximum absolute atomic E-state index is 5.18. The molecule has 1 atom stereocenters. The normalized spacial score (nSPS) is 14.0. The summed E-state index contributed by atoms with van der Waals surface area (Å²) in [6.07, 6.45) is 5.26. The van der Waals surface area contributed by atoms with Crippen molar-refractivity contribution >= 4 is 0 Å². The SMILES string of the molecule is C=C/C=C(\C=C)C(COC)OC. The van der Waals surface area contributed by atoms with Crippen LogP contribution in [0.4, 0.5) is 0 Å². The van der Waals surface area contributed by atoms with Gasteiger partial charge < -0.3 is 9.47 Å². The fourth-order valence-electron chi connectivity index (χ4n) is 0.895. The third-order valence-corrected chi connectivity index (χ3v) is 1.52. The van der Waals surface area contributed by atoms with Crippen molar-refractivity contribution in [2.45, 2.75) is 6.10 Å². The number of rotatable bonds is 6. The Hall–Kier alpha value is -0.860. The first-order chi connectivity index (χ1) is 5.79. The highest BCUT2D eigenvalue weighted by Gasteiger charge is 2.08. The van der Waals surface area contributed by atoms with Crippen LogP contribution >= 0.6 is 0 Å². The van der Waals surface area contributed by atoms with E-state index >= 15 is 0 Å². The highest BCUT2D eigenvalue weighted by atomic mass is 16.5. The minimum atomic E-state index is -0.0505. The van der Waals surface area contributed by atoms with E-state index in [0.29, 0.717) is 6.61 Å². The van der Waals surface area contributed by atoms with Crippen molar-refractivity contribution in [1.29, 1.82) is 0 Å². The molecular formula is C10H16O2. The maximum atomic E-state index is 5.18. The van der Waals surface area contributed by atoms with Gasteiger partial charge in [0, 0.05) is 14.2 Å². The van der Waals surface area contributed by atoms with Crippen molar-refractivity contribution in [3.05, 3.63) is 37.0 Å². The lowest BCUT2D eigenvalue weighted by Crippen LogP contribution is -2.18. The van der Waals surface area contributed by atoms with Gasteiger partial charge in [-0.05, 0) is 5.57 Å². The Bertz CT molecular complexity index is 171. The van der Waals surface area contributed by atoms with Crippen LogP contribution in [-0.4, -0.2) is 26.9 Å². The van der Waals surface area contributed by atoms with Gasteiger partial charge in [0.25, 0.3) is 0 Å². The molecule has 0 saturated carbocycles. The lowest BCUT2D eigenvalue weighted by molar-refractivity contribution is 0.0524. The van der Waals surface area contributed by atoms with Crippen molar-refractivity contribution in [3.8, 4) is 0 Å². The van der Waals surface area contributed by atoms with Crippen molar-refractivity contribution in [2.75, 3.05) is 20.8 Å². The lowest BCUT2D eigenvalue weighted by atomic mass is 10.1. The van der Waals surface area contributed by atoms with Gasteiger partial charge in [-0.25, -0.2) is 0 Å². The van der Waals surface area contributed by atoms with Gasteiger partial charge in [-0.2, -0.15) is 0 Å². The molecule has 0 aliphatic heterocycles. The van der Waals surface area contributed by atoms with E-state index in [9.17, 15) is 0 Å². The van der Waals surface area contributed by atoms with Crippen molar-refractivity contribution in [3.63, 3.8) is 0 Å². The predicted molar refractivity (Wildman–Crippen MR) is 51.2 cm³/mol. The van der Waals surface area contributed by atoms with Crippen molar-refractivity contribution in [2.24, 2.45) is 0 Å². The average molecular weight is 168 g/mol. The van der Waals surface area contributed by atoms with Gasteiger partial charge in [0.15, 0.2) is 0 Å². The molecule has 0 saturated heterocycles. The number of allylic oxidation sites excluding steroid dienone is 2. The molecule has 0 fully saturated rings. The Balaban J connectivity index is 4.31. The summed E-state index contributed by atoms with van der Waals surface area (Å²) in [7, 11) is 3.28. The van der Waals surface area contributed by atoms with E-state index in [1.54, 1.807) is 26.4 Å². The third-order valence-electron chi connectivity index (χ3n) is 1.52. The van der Waals surface area contributed by atoms with Crippen LogP contribution in [0.2, 0.25) is 0 Å². The maximum Gasteiger partial charge on any atom is 0.105 e. The second-order valence-corrected chi connectivity index (χ2v) is 2.29. The van der Waals surface area contributed by atoms with Gasteiger partial charge in [-0.1, -0.05) is 31.4 Å². The number of hydrogen-bond acceptors (Lipinski definition) is 2. The smallest absolute Gasteiger partial charge is 0.105 e. The molecule has 0 amide bonds. The Morgan fingerprint density at radius 2 is 2.08 bits per heavy atom. The van der Waals surface area contributed by atoms with E-state index in [4.69, 9.17) is 9.47 Å². The second kappa shape index (κ2) is 6.83. The van der Waals surface area contributed by atoms with Crippen LogP contribution in [0.15, 0.2) is 37.0 Å². The lowest BCUT2D eigenvalue weighted by Gasteiger charge is -2.14. The van der Waals surface area contributed by atoms with Crippen LogP contribution in [0.1, 0.15) is 0 Å².